The molecule has 0 spiro atoms. The summed E-state index contributed by atoms with van der Waals surface area (Å²) in [5.41, 5.74) is 1.37. The van der Waals surface area contributed by atoms with Crippen LogP contribution in [0.5, 0.6) is 5.75 Å². The number of nitrogens with zero attached hydrogens (tertiary/aromatic N) is 4. The predicted octanol–water partition coefficient (Wildman–Crippen LogP) is 4.16. The Bertz CT molecular complexity index is 877. The molecule has 0 N–H and O–H groups in total. The molecule has 0 bridgehead atoms. The quantitative estimate of drug-likeness (QED) is 0.586. The molecule has 4 rings (SSSR count). The first kappa shape index (κ1) is 15.4. The molecule has 0 amide bonds. The van der Waals surface area contributed by atoms with E-state index < -0.39 is 17.3 Å². The van der Waals surface area contributed by atoms with Crippen LogP contribution in [0.2, 0.25) is 0 Å². The number of carbonyl (C=O) groups is 1. The highest BCUT2D eigenvalue weighted by Crippen LogP contribution is 2.39. The van der Waals surface area contributed by atoms with E-state index in [0.717, 1.165) is 11.1 Å². The monoisotopic (exact) mass is 336 g/mol. The first-order chi connectivity index (χ1) is 12.0. The second-order valence-corrected chi connectivity index (χ2v) is 6.24. The molecule has 0 saturated heterocycles. The summed E-state index contributed by atoms with van der Waals surface area (Å²) in [7, 11) is 0. The van der Waals surface area contributed by atoms with E-state index in [1.165, 1.54) is 0 Å². The van der Waals surface area contributed by atoms with Gasteiger partial charge in [0, 0.05) is 11.1 Å². The van der Waals surface area contributed by atoms with Crippen molar-refractivity contribution in [3.63, 3.8) is 0 Å². The van der Waals surface area contributed by atoms with E-state index in [4.69, 9.17) is 9.47 Å². The van der Waals surface area contributed by atoms with Gasteiger partial charge in [0.1, 0.15) is 5.75 Å². The van der Waals surface area contributed by atoms with E-state index in [1.54, 1.807) is 30.3 Å². The van der Waals surface area contributed by atoms with Crippen molar-refractivity contribution < 1.29 is 14.3 Å². The highest BCUT2D eigenvalue weighted by Gasteiger charge is 2.36. The fourth-order valence-corrected chi connectivity index (χ4v) is 2.42. The molecule has 0 atom stereocenters. The zero-order chi connectivity index (χ0) is 17.5. The van der Waals surface area contributed by atoms with Crippen LogP contribution in [-0.4, -0.2) is 12.8 Å². The van der Waals surface area contributed by atoms with Crippen LogP contribution in [0.3, 0.4) is 0 Å². The molecule has 0 radical (unpaired) electrons. The molecule has 2 aliphatic heterocycles. The van der Waals surface area contributed by atoms with E-state index in [0.29, 0.717) is 11.3 Å². The molecule has 2 aliphatic rings. The highest BCUT2D eigenvalue weighted by molar-refractivity contribution is 5.89. The van der Waals surface area contributed by atoms with Gasteiger partial charge in [-0.2, -0.15) is 20.5 Å². The average Bonchev–Trinajstić information content (AvgIpc) is 3.55. The van der Waals surface area contributed by atoms with Crippen molar-refractivity contribution in [2.75, 3.05) is 6.79 Å². The summed E-state index contributed by atoms with van der Waals surface area (Å²) in [6.07, 6.45) is 0. The van der Waals surface area contributed by atoms with E-state index in [9.17, 15) is 4.79 Å². The molecule has 0 aromatic heterocycles. The lowest BCUT2D eigenvalue weighted by molar-refractivity contribution is 0.0154. The van der Waals surface area contributed by atoms with Crippen molar-refractivity contribution in [3.05, 3.63) is 65.2 Å². The van der Waals surface area contributed by atoms with Gasteiger partial charge in [0.2, 0.25) is 18.1 Å². The van der Waals surface area contributed by atoms with Crippen molar-refractivity contribution in [2.24, 2.45) is 20.5 Å². The fraction of sp³-hybridized carbons (Fsp3) is 0.278. The third-order valence-corrected chi connectivity index (χ3v) is 4.26. The lowest BCUT2D eigenvalue weighted by Crippen LogP contribution is -2.12. The number of benzene rings is 2. The SMILES string of the molecule is CC1(c2ccc(OCOC(=O)c3cccc(C4(C)N=N4)c3)cc2)N=N1. The Morgan fingerprint density at radius 2 is 1.56 bits per heavy atom. The van der Waals surface area contributed by atoms with Crippen LogP contribution in [0.25, 0.3) is 0 Å². The van der Waals surface area contributed by atoms with E-state index in [1.807, 2.05) is 32.0 Å². The Kier molecular flexibility index (Phi) is 3.38. The van der Waals surface area contributed by atoms with Crippen molar-refractivity contribution >= 4 is 5.97 Å². The van der Waals surface area contributed by atoms with Crippen LogP contribution < -0.4 is 4.74 Å². The van der Waals surface area contributed by atoms with Crippen molar-refractivity contribution in [2.45, 2.75) is 25.2 Å². The third-order valence-electron chi connectivity index (χ3n) is 4.26. The summed E-state index contributed by atoms with van der Waals surface area (Å²) in [5, 5.41) is 15.9. The van der Waals surface area contributed by atoms with Crippen LogP contribution in [0.4, 0.5) is 0 Å². The van der Waals surface area contributed by atoms with E-state index >= 15 is 0 Å². The Morgan fingerprint density at radius 3 is 2.20 bits per heavy atom. The summed E-state index contributed by atoms with van der Waals surface area (Å²) in [4.78, 5) is 12.1. The maximum atomic E-state index is 12.1. The molecular weight excluding hydrogens is 320 g/mol. The lowest BCUT2D eigenvalue weighted by Gasteiger charge is -2.10. The standard InChI is InChI=1S/C18H16N4O3/c1-17(19-20-17)13-6-8-15(9-7-13)24-11-25-16(23)12-4-3-5-14(10-12)18(2)21-22-18/h3-10H,11H2,1-2H3. The van der Waals surface area contributed by atoms with Gasteiger partial charge in [0.25, 0.3) is 0 Å². The number of rotatable bonds is 6. The van der Waals surface area contributed by atoms with Crippen LogP contribution >= 0.6 is 0 Å². The Labute approximate surface area is 144 Å². The van der Waals surface area contributed by atoms with E-state index in [2.05, 4.69) is 20.5 Å². The summed E-state index contributed by atoms with van der Waals surface area (Å²) >= 11 is 0. The number of ether oxygens (including phenoxy) is 2. The molecule has 2 heterocycles. The second-order valence-electron chi connectivity index (χ2n) is 6.24. The summed E-state index contributed by atoms with van der Waals surface area (Å²) in [6.45, 7) is 3.65. The van der Waals surface area contributed by atoms with Gasteiger partial charge in [-0.3, -0.25) is 0 Å². The predicted molar refractivity (Wildman–Crippen MR) is 88.2 cm³/mol. The number of carbonyl (C=O) groups excluding carboxylic acids is 1. The number of hydrogen-bond acceptors (Lipinski definition) is 7. The van der Waals surface area contributed by atoms with Crippen molar-refractivity contribution in [3.8, 4) is 5.75 Å². The van der Waals surface area contributed by atoms with Crippen LogP contribution in [0, 0.1) is 0 Å². The van der Waals surface area contributed by atoms with Gasteiger partial charge in [-0.15, -0.1) is 0 Å². The Balaban J connectivity index is 1.32. The molecule has 0 fully saturated rings. The maximum absolute atomic E-state index is 12.1. The summed E-state index contributed by atoms with van der Waals surface area (Å²) in [6, 6.07) is 14.5. The Hall–Kier alpha value is -3.09. The molecule has 25 heavy (non-hydrogen) atoms. The van der Waals surface area contributed by atoms with Gasteiger partial charge >= 0.3 is 5.97 Å². The molecule has 0 aliphatic carbocycles. The smallest absolute Gasteiger partial charge is 0.341 e. The molecule has 126 valence electrons. The summed E-state index contributed by atoms with van der Waals surface area (Å²) < 4.78 is 10.6. The lowest BCUT2D eigenvalue weighted by atomic mass is 10.0. The van der Waals surface area contributed by atoms with Gasteiger partial charge < -0.3 is 9.47 Å². The van der Waals surface area contributed by atoms with Crippen LogP contribution in [0.15, 0.2) is 69.0 Å². The van der Waals surface area contributed by atoms with Crippen LogP contribution in [-0.2, 0) is 16.1 Å². The minimum absolute atomic E-state index is 0.166. The minimum Gasteiger partial charge on any atom is -0.457 e. The largest absolute Gasteiger partial charge is 0.457 e. The number of hydrogen-bond donors (Lipinski definition) is 0. The summed E-state index contributed by atoms with van der Waals surface area (Å²) in [5.74, 6) is 0.156. The molecule has 2 aromatic carbocycles. The fourth-order valence-electron chi connectivity index (χ4n) is 2.42. The minimum atomic E-state index is -0.523. The van der Waals surface area contributed by atoms with Crippen molar-refractivity contribution in [1.82, 2.24) is 0 Å². The van der Waals surface area contributed by atoms with E-state index in [-0.39, 0.29) is 6.79 Å². The molecule has 7 heteroatoms. The normalized spacial score (nSPS) is 17.8. The molecule has 0 saturated carbocycles. The second kappa shape index (κ2) is 5.47. The van der Waals surface area contributed by atoms with Gasteiger partial charge in [0.15, 0.2) is 0 Å². The van der Waals surface area contributed by atoms with Gasteiger partial charge in [0.05, 0.1) is 5.56 Å². The zero-order valence-electron chi connectivity index (χ0n) is 13.8. The molecule has 0 unspecified atom stereocenters. The molecular formula is C18H16N4O3. The first-order valence-corrected chi connectivity index (χ1v) is 7.88. The average molecular weight is 336 g/mol. The van der Waals surface area contributed by atoms with Gasteiger partial charge in [-0.1, -0.05) is 24.3 Å². The maximum Gasteiger partial charge on any atom is 0.341 e. The molecule has 2 aromatic rings. The van der Waals surface area contributed by atoms with Crippen LogP contribution in [0.1, 0.15) is 35.3 Å². The van der Waals surface area contributed by atoms with Gasteiger partial charge in [-0.05, 0) is 38.1 Å². The van der Waals surface area contributed by atoms with Crippen molar-refractivity contribution in [1.29, 1.82) is 0 Å². The van der Waals surface area contributed by atoms with Gasteiger partial charge in [-0.25, -0.2) is 4.79 Å². The Morgan fingerprint density at radius 1 is 0.920 bits per heavy atom. The third kappa shape index (κ3) is 3.13. The topological polar surface area (TPSA) is 85.0 Å². The zero-order valence-corrected chi connectivity index (χ0v) is 13.8. The number of esters is 1. The molecule has 7 nitrogen and oxygen atoms in total. The first-order valence-electron chi connectivity index (χ1n) is 7.88. The highest BCUT2D eigenvalue weighted by atomic mass is 16.7.